The first kappa shape index (κ1) is 14.2. The molecule has 0 aliphatic heterocycles. The molecule has 0 aliphatic carbocycles. The van der Waals surface area contributed by atoms with Crippen molar-refractivity contribution in [2.45, 2.75) is 33.6 Å². The number of carbonyl (C=O) groups excluding carboxylic acids is 1. The molecule has 18 heavy (non-hydrogen) atoms. The number of carboxylic acids is 1. The molecular weight excluding hydrogens is 236 g/mol. The highest BCUT2D eigenvalue weighted by Crippen LogP contribution is 2.14. The van der Waals surface area contributed by atoms with E-state index >= 15 is 0 Å². The normalized spacial score (nSPS) is 12.2. The molecule has 2 N–H and O–H groups in total. The fourth-order valence-corrected chi connectivity index (χ4v) is 1.54. The Morgan fingerprint density at radius 2 is 2.11 bits per heavy atom. The van der Waals surface area contributed by atoms with E-state index in [1.165, 1.54) is 0 Å². The Balaban J connectivity index is 2.36. The molecule has 1 amide bonds. The largest absolute Gasteiger partial charge is 0.481 e. The summed E-state index contributed by atoms with van der Waals surface area (Å²) in [4.78, 5) is 22.1. The second-order valence-corrected chi connectivity index (χ2v) is 4.35. The maximum atomic E-state index is 11.5. The predicted molar refractivity (Wildman–Crippen MR) is 64.1 cm³/mol. The number of hydrogen-bond donors (Lipinski definition) is 2. The molecule has 0 fully saturated rings. The topological polar surface area (TPSA) is 92.4 Å². The minimum Gasteiger partial charge on any atom is -0.481 e. The number of amides is 1. The number of hydrogen-bond acceptors (Lipinski definition) is 4. The Morgan fingerprint density at radius 1 is 1.44 bits per heavy atom. The molecule has 0 aliphatic rings. The van der Waals surface area contributed by atoms with Gasteiger partial charge in [-0.1, -0.05) is 12.1 Å². The molecule has 0 aromatic carbocycles. The lowest BCUT2D eigenvalue weighted by Gasteiger charge is -2.08. The van der Waals surface area contributed by atoms with Crippen LogP contribution >= 0.6 is 0 Å². The average Bonchev–Trinajstić information content (AvgIpc) is 2.63. The molecule has 1 aromatic heterocycles. The summed E-state index contributed by atoms with van der Waals surface area (Å²) in [5.74, 6) is -0.934. The summed E-state index contributed by atoms with van der Waals surface area (Å²) in [5.41, 5.74) is 1.73. The smallest absolute Gasteiger partial charge is 0.308 e. The van der Waals surface area contributed by atoms with Crippen LogP contribution in [-0.4, -0.2) is 28.7 Å². The fraction of sp³-hybridized carbons (Fsp3) is 0.583. The molecule has 1 atom stereocenters. The number of aliphatic carboxylic acids is 1. The molecule has 1 unspecified atom stereocenters. The summed E-state index contributed by atoms with van der Waals surface area (Å²) in [5, 5.41) is 15.1. The van der Waals surface area contributed by atoms with Gasteiger partial charge in [0.25, 0.3) is 0 Å². The Labute approximate surface area is 105 Å². The fourth-order valence-electron chi connectivity index (χ4n) is 1.54. The van der Waals surface area contributed by atoms with Crippen LogP contribution in [-0.2, 0) is 16.0 Å². The van der Waals surface area contributed by atoms with Gasteiger partial charge < -0.3 is 14.9 Å². The zero-order valence-corrected chi connectivity index (χ0v) is 10.8. The van der Waals surface area contributed by atoms with Gasteiger partial charge in [0.1, 0.15) is 5.76 Å². The van der Waals surface area contributed by atoms with E-state index in [4.69, 9.17) is 9.63 Å². The monoisotopic (exact) mass is 254 g/mol. The number of nitrogens with one attached hydrogen (secondary N) is 1. The van der Waals surface area contributed by atoms with Crippen LogP contribution in [0.25, 0.3) is 0 Å². The first-order valence-electron chi connectivity index (χ1n) is 5.83. The van der Waals surface area contributed by atoms with Gasteiger partial charge in [-0.25, -0.2) is 0 Å². The molecule has 6 nitrogen and oxygen atoms in total. The summed E-state index contributed by atoms with van der Waals surface area (Å²) in [6, 6.07) is 0. The molecule has 0 saturated carbocycles. The Kier molecular flexibility index (Phi) is 4.88. The van der Waals surface area contributed by atoms with Crippen LogP contribution < -0.4 is 5.32 Å². The van der Waals surface area contributed by atoms with Gasteiger partial charge in [0.05, 0.1) is 11.6 Å². The third-order valence-electron chi connectivity index (χ3n) is 2.81. The SMILES string of the molecule is Cc1noc(C)c1CCC(=O)NCC(C)C(=O)O. The molecule has 6 heteroatoms. The number of carboxylic acid groups (broad SMARTS) is 1. The number of aryl methyl sites for hydroxylation is 2. The number of carbonyl (C=O) groups is 2. The van der Waals surface area contributed by atoms with E-state index in [-0.39, 0.29) is 12.5 Å². The summed E-state index contributed by atoms with van der Waals surface area (Å²) < 4.78 is 5.00. The summed E-state index contributed by atoms with van der Waals surface area (Å²) >= 11 is 0. The van der Waals surface area contributed by atoms with Crippen molar-refractivity contribution in [2.24, 2.45) is 5.92 Å². The number of aromatic nitrogens is 1. The average molecular weight is 254 g/mol. The van der Waals surface area contributed by atoms with E-state index in [9.17, 15) is 9.59 Å². The van der Waals surface area contributed by atoms with Crippen LogP contribution in [0.5, 0.6) is 0 Å². The van der Waals surface area contributed by atoms with Crippen LogP contribution in [0.3, 0.4) is 0 Å². The summed E-state index contributed by atoms with van der Waals surface area (Å²) in [6.07, 6.45) is 0.851. The predicted octanol–water partition coefficient (Wildman–Crippen LogP) is 1.06. The van der Waals surface area contributed by atoms with Crippen LogP contribution in [0.4, 0.5) is 0 Å². The zero-order valence-electron chi connectivity index (χ0n) is 10.8. The van der Waals surface area contributed by atoms with Gasteiger partial charge in [-0.15, -0.1) is 0 Å². The molecule has 0 bridgehead atoms. The van der Waals surface area contributed by atoms with E-state index in [2.05, 4.69) is 10.5 Å². The lowest BCUT2D eigenvalue weighted by Crippen LogP contribution is -2.31. The first-order valence-corrected chi connectivity index (χ1v) is 5.83. The third-order valence-corrected chi connectivity index (χ3v) is 2.81. The quantitative estimate of drug-likeness (QED) is 0.791. The number of nitrogens with zero attached hydrogens (tertiary/aromatic N) is 1. The maximum Gasteiger partial charge on any atom is 0.308 e. The second-order valence-electron chi connectivity index (χ2n) is 4.35. The summed E-state index contributed by atoms with van der Waals surface area (Å²) in [6.45, 7) is 5.34. The minimum atomic E-state index is -0.916. The molecular formula is C12H18N2O4. The van der Waals surface area contributed by atoms with Crippen LogP contribution in [0, 0.1) is 19.8 Å². The number of rotatable bonds is 6. The van der Waals surface area contributed by atoms with Gasteiger partial charge >= 0.3 is 5.97 Å². The molecule has 0 spiro atoms. The van der Waals surface area contributed by atoms with E-state index in [1.54, 1.807) is 13.8 Å². The van der Waals surface area contributed by atoms with Crippen LogP contribution in [0.15, 0.2) is 4.52 Å². The lowest BCUT2D eigenvalue weighted by atomic mass is 10.1. The van der Waals surface area contributed by atoms with Gasteiger partial charge in [-0.2, -0.15) is 0 Å². The highest BCUT2D eigenvalue weighted by Gasteiger charge is 2.14. The third kappa shape index (κ3) is 3.87. The summed E-state index contributed by atoms with van der Waals surface area (Å²) in [7, 11) is 0. The van der Waals surface area contributed by atoms with Gasteiger partial charge in [0.2, 0.25) is 5.91 Å². The van der Waals surface area contributed by atoms with Crippen molar-refractivity contribution in [1.29, 1.82) is 0 Å². The van der Waals surface area contributed by atoms with Gasteiger partial charge in [0, 0.05) is 18.5 Å². The zero-order chi connectivity index (χ0) is 13.7. The van der Waals surface area contributed by atoms with Crippen molar-refractivity contribution in [3.63, 3.8) is 0 Å². The van der Waals surface area contributed by atoms with Gasteiger partial charge in [-0.3, -0.25) is 9.59 Å². The Bertz CT molecular complexity index is 420. The standard InChI is InChI=1S/C12H18N2O4/c1-7(12(16)17)6-13-11(15)5-4-10-8(2)14-18-9(10)3/h7H,4-6H2,1-3H3,(H,13,15)(H,16,17). The van der Waals surface area contributed by atoms with Gasteiger partial charge in [0.15, 0.2) is 0 Å². The van der Waals surface area contributed by atoms with Crippen molar-refractivity contribution < 1.29 is 19.2 Å². The van der Waals surface area contributed by atoms with Crippen molar-refractivity contribution in [3.05, 3.63) is 17.0 Å². The molecule has 0 radical (unpaired) electrons. The lowest BCUT2D eigenvalue weighted by molar-refractivity contribution is -0.141. The van der Waals surface area contributed by atoms with Crippen molar-refractivity contribution in [3.8, 4) is 0 Å². The molecule has 100 valence electrons. The molecule has 1 aromatic rings. The first-order chi connectivity index (χ1) is 8.41. The van der Waals surface area contributed by atoms with Crippen molar-refractivity contribution in [1.82, 2.24) is 10.5 Å². The second kappa shape index (κ2) is 6.18. The Morgan fingerprint density at radius 3 is 2.61 bits per heavy atom. The van der Waals surface area contributed by atoms with Crippen LogP contribution in [0.1, 0.15) is 30.4 Å². The van der Waals surface area contributed by atoms with E-state index in [1.807, 2.05) is 6.92 Å². The molecule has 0 saturated heterocycles. The molecule has 1 heterocycles. The van der Waals surface area contributed by atoms with Gasteiger partial charge in [-0.05, 0) is 20.3 Å². The van der Waals surface area contributed by atoms with Crippen LogP contribution in [0.2, 0.25) is 0 Å². The van der Waals surface area contributed by atoms with E-state index < -0.39 is 11.9 Å². The maximum absolute atomic E-state index is 11.5. The van der Waals surface area contributed by atoms with E-state index in [0.717, 1.165) is 17.0 Å². The minimum absolute atomic E-state index is 0.149. The highest BCUT2D eigenvalue weighted by atomic mass is 16.5. The van der Waals surface area contributed by atoms with Crippen molar-refractivity contribution in [2.75, 3.05) is 6.54 Å². The van der Waals surface area contributed by atoms with E-state index in [0.29, 0.717) is 12.8 Å². The highest BCUT2D eigenvalue weighted by molar-refractivity contribution is 5.77. The molecule has 1 rings (SSSR count). The van der Waals surface area contributed by atoms with Crippen molar-refractivity contribution >= 4 is 11.9 Å². The Hall–Kier alpha value is -1.85.